The molecule has 0 bridgehead atoms. The lowest BCUT2D eigenvalue weighted by Gasteiger charge is -2.25. The highest BCUT2D eigenvalue weighted by molar-refractivity contribution is 5.24. The molecule has 0 rings (SSSR count). The standard InChI is InChI=1S/C10H17N/c1-7-11(9(4)5)10(6)8(2)3/h2,4,6-7H2,1,3,5H3. The highest BCUT2D eigenvalue weighted by Gasteiger charge is 2.04. The molecule has 0 aliphatic rings. The molecule has 0 saturated carbocycles. The van der Waals surface area contributed by atoms with Gasteiger partial charge in [-0.2, -0.15) is 0 Å². The average Bonchev–Trinajstić information content (AvgIpc) is 1.88. The van der Waals surface area contributed by atoms with Gasteiger partial charge in [0.15, 0.2) is 0 Å². The Kier molecular flexibility index (Phi) is 3.66. The lowest BCUT2D eigenvalue weighted by molar-refractivity contribution is 0.463. The zero-order chi connectivity index (χ0) is 9.02. The number of likely N-dealkylation sites (N-methyl/N-ethyl adjacent to an activating group) is 1. The van der Waals surface area contributed by atoms with Crippen molar-refractivity contribution in [2.24, 2.45) is 0 Å². The van der Waals surface area contributed by atoms with Crippen molar-refractivity contribution < 1.29 is 0 Å². The Hall–Kier alpha value is -0.980. The molecule has 0 N–H and O–H groups in total. The minimum atomic E-state index is 0.904. The van der Waals surface area contributed by atoms with Gasteiger partial charge in [-0.05, 0) is 26.3 Å². The Morgan fingerprint density at radius 2 is 1.64 bits per heavy atom. The Balaban J connectivity index is 4.39. The summed E-state index contributed by atoms with van der Waals surface area (Å²) < 4.78 is 0. The second-order valence-electron chi connectivity index (χ2n) is 2.71. The lowest BCUT2D eigenvalue weighted by atomic mass is 10.2. The largest absolute Gasteiger partial charge is 0.347 e. The van der Waals surface area contributed by atoms with Gasteiger partial charge in [-0.1, -0.05) is 19.7 Å². The molecule has 11 heavy (non-hydrogen) atoms. The van der Waals surface area contributed by atoms with Gasteiger partial charge in [0.05, 0.1) is 0 Å². The zero-order valence-corrected chi connectivity index (χ0v) is 7.78. The molecule has 0 unspecified atom stereocenters. The van der Waals surface area contributed by atoms with Gasteiger partial charge in [-0.3, -0.25) is 0 Å². The summed E-state index contributed by atoms with van der Waals surface area (Å²) in [6.07, 6.45) is 0. The number of rotatable bonds is 4. The van der Waals surface area contributed by atoms with Crippen molar-refractivity contribution in [2.75, 3.05) is 6.54 Å². The molecule has 1 heteroatoms. The van der Waals surface area contributed by atoms with Crippen LogP contribution in [0.15, 0.2) is 36.7 Å². The van der Waals surface area contributed by atoms with Crippen LogP contribution in [0.1, 0.15) is 20.8 Å². The molecule has 0 aliphatic heterocycles. The van der Waals surface area contributed by atoms with Gasteiger partial charge in [-0.25, -0.2) is 0 Å². The molecule has 0 spiro atoms. The van der Waals surface area contributed by atoms with Crippen molar-refractivity contribution in [3.8, 4) is 0 Å². The fourth-order valence-corrected chi connectivity index (χ4v) is 0.922. The van der Waals surface area contributed by atoms with Crippen LogP contribution in [0.2, 0.25) is 0 Å². The van der Waals surface area contributed by atoms with E-state index in [1.54, 1.807) is 0 Å². The summed E-state index contributed by atoms with van der Waals surface area (Å²) in [6, 6.07) is 0. The zero-order valence-electron chi connectivity index (χ0n) is 7.78. The number of hydrogen-bond acceptors (Lipinski definition) is 1. The fourth-order valence-electron chi connectivity index (χ4n) is 0.922. The first-order valence-electron chi connectivity index (χ1n) is 3.78. The summed E-state index contributed by atoms with van der Waals surface area (Å²) in [6.45, 7) is 18.5. The minimum absolute atomic E-state index is 0.904. The predicted molar refractivity (Wildman–Crippen MR) is 51.1 cm³/mol. The molecule has 0 aliphatic carbocycles. The maximum absolute atomic E-state index is 3.91. The molecule has 1 nitrogen and oxygen atoms in total. The van der Waals surface area contributed by atoms with E-state index in [9.17, 15) is 0 Å². The van der Waals surface area contributed by atoms with Gasteiger partial charge in [0.2, 0.25) is 0 Å². The molecular weight excluding hydrogens is 134 g/mol. The molecule has 0 heterocycles. The Bertz CT molecular complexity index is 189. The first-order chi connectivity index (χ1) is 5.00. The van der Waals surface area contributed by atoms with Gasteiger partial charge < -0.3 is 4.90 Å². The molecule has 62 valence electrons. The third-order valence-electron chi connectivity index (χ3n) is 1.60. The quantitative estimate of drug-likeness (QED) is 0.558. The summed E-state index contributed by atoms with van der Waals surface area (Å²) >= 11 is 0. The van der Waals surface area contributed by atoms with Gasteiger partial charge in [0.25, 0.3) is 0 Å². The third kappa shape index (κ3) is 2.62. The predicted octanol–water partition coefficient (Wildman–Crippen LogP) is 2.93. The van der Waals surface area contributed by atoms with Crippen LogP contribution in [0.5, 0.6) is 0 Å². The maximum atomic E-state index is 3.91. The van der Waals surface area contributed by atoms with Crippen molar-refractivity contribution in [1.29, 1.82) is 0 Å². The maximum Gasteiger partial charge on any atom is 0.0358 e. The van der Waals surface area contributed by atoms with Crippen molar-refractivity contribution in [2.45, 2.75) is 20.8 Å². The molecular formula is C10H17N. The summed E-state index contributed by atoms with van der Waals surface area (Å²) in [4.78, 5) is 2.04. The second-order valence-corrected chi connectivity index (χ2v) is 2.71. The molecule has 0 radical (unpaired) electrons. The number of hydrogen-bond donors (Lipinski definition) is 0. The first kappa shape index (κ1) is 10.0. The van der Waals surface area contributed by atoms with Crippen LogP contribution in [0.3, 0.4) is 0 Å². The molecule has 0 saturated heterocycles. The molecule has 0 atom stereocenters. The monoisotopic (exact) mass is 151 g/mol. The summed E-state index contributed by atoms with van der Waals surface area (Å²) in [7, 11) is 0. The Morgan fingerprint density at radius 1 is 1.18 bits per heavy atom. The van der Waals surface area contributed by atoms with E-state index >= 15 is 0 Å². The summed E-state index contributed by atoms with van der Waals surface area (Å²) in [5.74, 6) is 0. The number of allylic oxidation sites excluding steroid dienone is 2. The number of nitrogens with zero attached hydrogens (tertiary/aromatic N) is 1. The fraction of sp³-hybridized carbons (Fsp3) is 0.400. The van der Waals surface area contributed by atoms with Crippen LogP contribution in [-0.2, 0) is 0 Å². The molecule has 0 amide bonds. The minimum Gasteiger partial charge on any atom is -0.347 e. The van der Waals surface area contributed by atoms with Crippen molar-refractivity contribution in [1.82, 2.24) is 4.90 Å². The summed E-state index contributed by atoms with van der Waals surface area (Å²) in [5.41, 5.74) is 2.97. The van der Waals surface area contributed by atoms with Crippen molar-refractivity contribution in [3.05, 3.63) is 36.7 Å². The second kappa shape index (κ2) is 4.02. The van der Waals surface area contributed by atoms with E-state index in [1.165, 1.54) is 0 Å². The van der Waals surface area contributed by atoms with E-state index in [-0.39, 0.29) is 0 Å². The van der Waals surface area contributed by atoms with Crippen LogP contribution < -0.4 is 0 Å². The SMILES string of the molecule is C=C(C)C(=C)N(CC)C(=C)C. The van der Waals surface area contributed by atoms with Crippen molar-refractivity contribution >= 4 is 0 Å². The molecule has 0 aromatic carbocycles. The van der Waals surface area contributed by atoms with Crippen LogP contribution in [0, 0.1) is 0 Å². The highest BCUT2D eigenvalue weighted by Crippen LogP contribution is 2.14. The van der Waals surface area contributed by atoms with Gasteiger partial charge in [0.1, 0.15) is 0 Å². The third-order valence-corrected chi connectivity index (χ3v) is 1.60. The van der Waals surface area contributed by atoms with Crippen LogP contribution in [-0.4, -0.2) is 11.4 Å². The van der Waals surface area contributed by atoms with E-state index in [4.69, 9.17) is 0 Å². The van der Waals surface area contributed by atoms with E-state index in [0.717, 1.165) is 23.5 Å². The van der Waals surface area contributed by atoms with Crippen LogP contribution >= 0.6 is 0 Å². The lowest BCUT2D eigenvalue weighted by Crippen LogP contribution is -2.19. The van der Waals surface area contributed by atoms with Gasteiger partial charge in [0, 0.05) is 17.9 Å². The van der Waals surface area contributed by atoms with Crippen LogP contribution in [0.4, 0.5) is 0 Å². The smallest absolute Gasteiger partial charge is 0.0358 e. The van der Waals surface area contributed by atoms with E-state index in [0.29, 0.717) is 0 Å². The first-order valence-corrected chi connectivity index (χ1v) is 3.78. The van der Waals surface area contributed by atoms with Crippen LogP contribution in [0.25, 0.3) is 0 Å². The topological polar surface area (TPSA) is 3.24 Å². The highest BCUT2D eigenvalue weighted by atomic mass is 15.1. The van der Waals surface area contributed by atoms with Gasteiger partial charge >= 0.3 is 0 Å². The normalized spacial score (nSPS) is 9.00. The average molecular weight is 151 g/mol. The Morgan fingerprint density at radius 3 is 1.73 bits per heavy atom. The molecule has 0 aromatic rings. The summed E-state index contributed by atoms with van der Waals surface area (Å²) in [5, 5.41) is 0. The van der Waals surface area contributed by atoms with Gasteiger partial charge in [-0.15, -0.1) is 0 Å². The van der Waals surface area contributed by atoms with E-state index < -0.39 is 0 Å². The van der Waals surface area contributed by atoms with E-state index in [1.807, 2.05) is 18.7 Å². The Labute approximate surface area is 69.7 Å². The van der Waals surface area contributed by atoms with E-state index in [2.05, 4.69) is 26.7 Å². The molecule has 0 aromatic heterocycles. The van der Waals surface area contributed by atoms with Crippen molar-refractivity contribution in [3.63, 3.8) is 0 Å². The molecule has 0 fully saturated rings.